The van der Waals surface area contributed by atoms with Crippen LogP contribution < -0.4 is 4.74 Å². The molecule has 0 spiro atoms. The first-order valence-corrected chi connectivity index (χ1v) is 8.70. The molecule has 0 aliphatic heterocycles. The molecule has 0 radical (unpaired) electrons. The van der Waals surface area contributed by atoms with Gasteiger partial charge in [0, 0.05) is 5.39 Å². The summed E-state index contributed by atoms with van der Waals surface area (Å²) in [5.41, 5.74) is 0.190. The molecule has 0 aliphatic rings. The molecule has 0 amide bonds. The third-order valence-corrected chi connectivity index (χ3v) is 4.30. The van der Waals surface area contributed by atoms with Gasteiger partial charge in [0.05, 0.1) is 5.56 Å². The predicted octanol–water partition coefficient (Wildman–Crippen LogP) is 6.26. The molecule has 0 N–H and O–H groups in total. The lowest BCUT2D eigenvalue weighted by Gasteiger charge is -2.10. The third-order valence-electron chi connectivity index (χ3n) is 4.30. The summed E-state index contributed by atoms with van der Waals surface area (Å²) in [5, 5.41) is -0.348. The van der Waals surface area contributed by atoms with Crippen LogP contribution in [0.5, 0.6) is 5.75 Å². The van der Waals surface area contributed by atoms with Gasteiger partial charge in [0.25, 0.3) is 0 Å². The Kier molecular flexibility index (Phi) is 5.96. The summed E-state index contributed by atoms with van der Waals surface area (Å²) in [6.07, 6.45) is 4.67. The molecule has 3 rings (SSSR count). The lowest BCUT2D eigenvalue weighted by atomic mass is 10.1. The fourth-order valence-electron chi connectivity index (χ4n) is 2.85. The zero-order valence-corrected chi connectivity index (χ0v) is 15.2. The molecule has 0 heterocycles. The van der Waals surface area contributed by atoms with Gasteiger partial charge < -0.3 is 4.74 Å². The number of esters is 1. The van der Waals surface area contributed by atoms with Crippen molar-refractivity contribution in [3.8, 4) is 5.75 Å². The Hall–Kier alpha value is -3.22. The monoisotopic (exact) mass is 406 g/mol. The number of hydrogen-bond donors (Lipinski definition) is 0. The maximum atomic E-state index is 14.2. The average Bonchev–Trinajstić information content (AvgIpc) is 2.68. The van der Waals surface area contributed by atoms with Crippen LogP contribution in [0.1, 0.15) is 29.3 Å². The highest BCUT2D eigenvalue weighted by atomic mass is 19.2. The van der Waals surface area contributed by atoms with Crippen molar-refractivity contribution in [3.63, 3.8) is 0 Å². The molecule has 0 saturated carbocycles. The molecule has 0 unspecified atom stereocenters. The molecule has 7 heteroatoms. The van der Waals surface area contributed by atoms with Gasteiger partial charge in [-0.25, -0.2) is 26.7 Å². The first-order valence-electron chi connectivity index (χ1n) is 8.70. The number of ether oxygens (including phenoxy) is 1. The van der Waals surface area contributed by atoms with E-state index in [1.54, 1.807) is 0 Å². The van der Waals surface area contributed by atoms with Gasteiger partial charge in [-0.05, 0) is 61.0 Å². The summed E-state index contributed by atoms with van der Waals surface area (Å²) in [4.78, 5) is 12.3. The number of carbonyl (C=O) groups is 1. The van der Waals surface area contributed by atoms with E-state index in [0.29, 0.717) is 24.5 Å². The van der Waals surface area contributed by atoms with Gasteiger partial charge in [-0.2, -0.15) is 0 Å². The van der Waals surface area contributed by atoms with Crippen LogP contribution in [-0.4, -0.2) is 5.97 Å². The van der Waals surface area contributed by atoms with E-state index < -0.39 is 40.8 Å². The van der Waals surface area contributed by atoms with Crippen molar-refractivity contribution in [3.05, 3.63) is 88.8 Å². The number of benzene rings is 3. The Bertz CT molecular complexity index is 1100. The zero-order chi connectivity index (χ0) is 21.1. The summed E-state index contributed by atoms with van der Waals surface area (Å²) in [7, 11) is 0. The number of carbonyl (C=O) groups excluding carboxylic acids is 1. The minimum absolute atomic E-state index is 0.101. The minimum atomic E-state index is -1.63. The molecule has 0 aromatic heterocycles. The van der Waals surface area contributed by atoms with Crippen LogP contribution in [0, 0.1) is 29.1 Å². The normalized spacial score (nSPS) is 11.4. The number of rotatable bonds is 5. The lowest BCUT2D eigenvalue weighted by Crippen LogP contribution is -2.11. The molecule has 2 nitrogen and oxygen atoms in total. The smallest absolute Gasteiger partial charge is 0.343 e. The standard InChI is InChI=1S/C22H15F5O2/c1-2-3-4-5-12-8-17(24)21(18(25)9-12)29-22(28)13-6-7-15-14(10-13)11-16(23)20(27)19(15)26/h2-3,6-11H,4-5H2,1H3/b3-2+. The minimum Gasteiger partial charge on any atom is -0.417 e. The maximum absolute atomic E-state index is 14.2. The van der Waals surface area contributed by atoms with Crippen LogP contribution in [-0.2, 0) is 6.42 Å². The highest BCUT2D eigenvalue weighted by Crippen LogP contribution is 2.27. The Morgan fingerprint density at radius 3 is 2.28 bits per heavy atom. The summed E-state index contributed by atoms with van der Waals surface area (Å²) >= 11 is 0. The summed E-state index contributed by atoms with van der Waals surface area (Å²) in [6.45, 7) is 1.83. The third kappa shape index (κ3) is 4.29. The molecule has 0 atom stereocenters. The summed E-state index contributed by atoms with van der Waals surface area (Å²) in [5.74, 6) is -8.55. The van der Waals surface area contributed by atoms with E-state index in [0.717, 1.165) is 30.3 Å². The van der Waals surface area contributed by atoms with Crippen molar-refractivity contribution in [2.45, 2.75) is 19.8 Å². The molecular weight excluding hydrogens is 391 g/mol. The Balaban J connectivity index is 1.87. The molecule has 0 saturated heterocycles. The van der Waals surface area contributed by atoms with Crippen molar-refractivity contribution in [1.29, 1.82) is 0 Å². The predicted molar refractivity (Wildman–Crippen MR) is 98.3 cm³/mol. The number of aryl methyl sites for hydroxylation is 1. The van der Waals surface area contributed by atoms with E-state index in [-0.39, 0.29) is 16.3 Å². The number of allylic oxidation sites excluding steroid dienone is 2. The van der Waals surface area contributed by atoms with Crippen molar-refractivity contribution < 1.29 is 31.5 Å². The quantitative estimate of drug-likeness (QED) is 0.164. The Labute approximate surface area is 163 Å². The molecule has 150 valence electrons. The Morgan fingerprint density at radius 1 is 0.931 bits per heavy atom. The van der Waals surface area contributed by atoms with Gasteiger partial charge in [-0.15, -0.1) is 0 Å². The zero-order valence-electron chi connectivity index (χ0n) is 15.2. The van der Waals surface area contributed by atoms with E-state index in [1.807, 2.05) is 19.1 Å². The molecule has 3 aromatic rings. The topological polar surface area (TPSA) is 26.3 Å². The van der Waals surface area contributed by atoms with Crippen molar-refractivity contribution >= 4 is 16.7 Å². The SMILES string of the molecule is C/C=C/CCc1cc(F)c(OC(=O)c2ccc3c(F)c(F)c(F)cc3c2)c(F)c1. The van der Waals surface area contributed by atoms with Crippen LogP contribution >= 0.6 is 0 Å². The van der Waals surface area contributed by atoms with Crippen LogP contribution in [0.3, 0.4) is 0 Å². The van der Waals surface area contributed by atoms with Gasteiger partial charge in [0.1, 0.15) is 0 Å². The van der Waals surface area contributed by atoms with Crippen molar-refractivity contribution in [1.82, 2.24) is 0 Å². The van der Waals surface area contributed by atoms with E-state index in [4.69, 9.17) is 4.74 Å². The van der Waals surface area contributed by atoms with Gasteiger partial charge in [0.2, 0.25) is 5.75 Å². The molecule has 0 fully saturated rings. The highest BCUT2D eigenvalue weighted by Gasteiger charge is 2.19. The maximum Gasteiger partial charge on any atom is 0.343 e. The highest BCUT2D eigenvalue weighted by molar-refractivity contribution is 5.96. The lowest BCUT2D eigenvalue weighted by molar-refractivity contribution is 0.0720. The van der Waals surface area contributed by atoms with E-state index >= 15 is 0 Å². The van der Waals surface area contributed by atoms with Gasteiger partial charge in [-0.3, -0.25) is 0 Å². The first kappa shape index (κ1) is 20.5. The van der Waals surface area contributed by atoms with E-state index in [1.165, 1.54) is 0 Å². The molecular formula is C22H15F5O2. The second-order valence-corrected chi connectivity index (χ2v) is 6.31. The fourth-order valence-corrected chi connectivity index (χ4v) is 2.85. The second kappa shape index (κ2) is 8.43. The second-order valence-electron chi connectivity index (χ2n) is 6.31. The summed E-state index contributed by atoms with van der Waals surface area (Å²) < 4.78 is 73.7. The fraction of sp³-hybridized carbons (Fsp3) is 0.136. The van der Waals surface area contributed by atoms with Crippen LogP contribution in [0.15, 0.2) is 48.6 Å². The van der Waals surface area contributed by atoms with Crippen LogP contribution in [0.25, 0.3) is 10.8 Å². The van der Waals surface area contributed by atoms with Gasteiger partial charge >= 0.3 is 5.97 Å². The summed E-state index contributed by atoms with van der Waals surface area (Å²) in [6, 6.07) is 6.05. The van der Waals surface area contributed by atoms with Crippen molar-refractivity contribution in [2.75, 3.05) is 0 Å². The molecule has 0 bridgehead atoms. The largest absolute Gasteiger partial charge is 0.417 e. The molecule has 0 aliphatic carbocycles. The van der Waals surface area contributed by atoms with Crippen LogP contribution in [0.2, 0.25) is 0 Å². The van der Waals surface area contributed by atoms with E-state index in [9.17, 15) is 26.7 Å². The number of halogens is 5. The average molecular weight is 406 g/mol. The number of hydrogen-bond acceptors (Lipinski definition) is 2. The van der Waals surface area contributed by atoms with Gasteiger partial charge in [-0.1, -0.05) is 18.2 Å². The Morgan fingerprint density at radius 2 is 1.62 bits per heavy atom. The van der Waals surface area contributed by atoms with Crippen LogP contribution in [0.4, 0.5) is 22.0 Å². The van der Waals surface area contributed by atoms with Gasteiger partial charge in [0.15, 0.2) is 29.1 Å². The first-order chi connectivity index (χ1) is 13.8. The van der Waals surface area contributed by atoms with Crippen molar-refractivity contribution in [2.24, 2.45) is 0 Å². The molecule has 3 aromatic carbocycles. The molecule has 29 heavy (non-hydrogen) atoms. The van der Waals surface area contributed by atoms with E-state index in [2.05, 4.69) is 0 Å². The number of fused-ring (bicyclic) bond motifs is 1.